The Kier molecular flexibility index (Phi) is 6.95. The largest absolute Gasteiger partial charge is 0.497 e. The Morgan fingerprint density at radius 1 is 0.964 bits per heavy atom. The third-order valence-electron chi connectivity index (χ3n) is 4.26. The van der Waals surface area contributed by atoms with E-state index in [4.69, 9.17) is 4.74 Å². The first-order valence-electron chi connectivity index (χ1n) is 9.26. The van der Waals surface area contributed by atoms with Gasteiger partial charge in [-0.2, -0.15) is 0 Å². The van der Waals surface area contributed by atoms with Crippen molar-refractivity contribution in [1.29, 1.82) is 0 Å². The van der Waals surface area contributed by atoms with Crippen molar-refractivity contribution in [2.24, 2.45) is 0 Å². The lowest BCUT2D eigenvalue weighted by atomic mass is 10.1. The maximum absolute atomic E-state index is 12.3. The van der Waals surface area contributed by atoms with Gasteiger partial charge in [-0.1, -0.05) is 42.5 Å². The van der Waals surface area contributed by atoms with E-state index in [9.17, 15) is 4.79 Å². The molecule has 28 heavy (non-hydrogen) atoms. The van der Waals surface area contributed by atoms with Crippen molar-refractivity contribution in [2.75, 3.05) is 25.5 Å². The third-order valence-corrected chi connectivity index (χ3v) is 4.26. The molecule has 3 rings (SSSR count). The number of benzene rings is 2. The van der Waals surface area contributed by atoms with Crippen molar-refractivity contribution < 1.29 is 9.53 Å². The first-order valence-corrected chi connectivity index (χ1v) is 9.26. The van der Waals surface area contributed by atoms with Crippen LogP contribution in [0.3, 0.4) is 0 Å². The SMILES string of the molecule is COc1cccc(CCNc2nccc(C(=O)NCCc3ccccc3)n2)c1. The number of carbonyl (C=O) groups excluding carboxylic acids is 1. The molecule has 0 atom stereocenters. The van der Waals surface area contributed by atoms with E-state index in [1.165, 1.54) is 5.56 Å². The number of rotatable bonds is 9. The molecule has 144 valence electrons. The van der Waals surface area contributed by atoms with E-state index >= 15 is 0 Å². The van der Waals surface area contributed by atoms with Crippen LogP contribution in [0, 0.1) is 0 Å². The van der Waals surface area contributed by atoms with E-state index in [2.05, 4.69) is 20.6 Å². The Bertz CT molecular complexity index is 900. The van der Waals surface area contributed by atoms with Gasteiger partial charge in [-0.25, -0.2) is 9.97 Å². The molecule has 1 aromatic heterocycles. The summed E-state index contributed by atoms with van der Waals surface area (Å²) in [6.07, 6.45) is 3.17. The predicted molar refractivity (Wildman–Crippen MR) is 110 cm³/mol. The summed E-state index contributed by atoms with van der Waals surface area (Å²) in [5, 5.41) is 6.06. The topological polar surface area (TPSA) is 76.1 Å². The van der Waals surface area contributed by atoms with Crippen molar-refractivity contribution >= 4 is 11.9 Å². The molecule has 0 fully saturated rings. The molecule has 0 spiro atoms. The van der Waals surface area contributed by atoms with Gasteiger partial charge in [0.2, 0.25) is 5.95 Å². The fourth-order valence-corrected chi connectivity index (χ4v) is 2.77. The van der Waals surface area contributed by atoms with Gasteiger partial charge >= 0.3 is 0 Å². The lowest BCUT2D eigenvalue weighted by Crippen LogP contribution is -2.27. The summed E-state index contributed by atoms with van der Waals surface area (Å²) in [6, 6.07) is 19.6. The molecular weight excluding hydrogens is 352 g/mol. The van der Waals surface area contributed by atoms with Gasteiger partial charge in [-0.3, -0.25) is 4.79 Å². The summed E-state index contributed by atoms with van der Waals surface area (Å²) in [4.78, 5) is 20.8. The first kappa shape index (κ1) is 19.4. The van der Waals surface area contributed by atoms with Gasteiger partial charge in [-0.05, 0) is 42.2 Å². The monoisotopic (exact) mass is 376 g/mol. The molecule has 0 aliphatic heterocycles. The van der Waals surface area contributed by atoms with Crippen LogP contribution < -0.4 is 15.4 Å². The molecule has 1 amide bonds. The molecule has 0 saturated heterocycles. The zero-order valence-corrected chi connectivity index (χ0v) is 15.9. The van der Waals surface area contributed by atoms with E-state index in [0.29, 0.717) is 24.7 Å². The molecule has 0 saturated carbocycles. The molecule has 1 heterocycles. The molecule has 0 radical (unpaired) electrons. The highest BCUT2D eigenvalue weighted by Gasteiger charge is 2.08. The van der Waals surface area contributed by atoms with E-state index in [1.807, 2.05) is 54.6 Å². The molecule has 0 unspecified atom stereocenters. The Labute approximate surface area is 165 Å². The number of hydrogen-bond donors (Lipinski definition) is 2. The third kappa shape index (κ3) is 5.81. The number of ether oxygens (including phenoxy) is 1. The minimum atomic E-state index is -0.200. The van der Waals surface area contributed by atoms with Crippen LogP contribution >= 0.6 is 0 Å². The van der Waals surface area contributed by atoms with Crippen LogP contribution in [-0.4, -0.2) is 36.1 Å². The minimum absolute atomic E-state index is 0.200. The molecule has 6 nitrogen and oxygen atoms in total. The fourth-order valence-electron chi connectivity index (χ4n) is 2.77. The average molecular weight is 376 g/mol. The standard InChI is InChI=1S/C22H24N4O2/c1-28-19-9-5-8-18(16-19)11-14-24-22-25-15-12-20(26-22)21(27)23-13-10-17-6-3-2-4-7-17/h2-9,12,15-16H,10-11,13-14H2,1H3,(H,23,27)(H,24,25,26). The van der Waals surface area contributed by atoms with Gasteiger partial charge < -0.3 is 15.4 Å². The Morgan fingerprint density at radius 2 is 1.75 bits per heavy atom. The maximum Gasteiger partial charge on any atom is 0.270 e. The number of carbonyl (C=O) groups is 1. The van der Waals surface area contributed by atoms with Gasteiger partial charge in [0, 0.05) is 19.3 Å². The highest BCUT2D eigenvalue weighted by molar-refractivity contribution is 5.92. The Morgan fingerprint density at radius 3 is 2.57 bits per heavy atom. The summed E-state index contributed by atoms with van der Waals surface area (Å²) in [6.45, 7) is 1.22. The van der Waals surface area contributed by atoms with Gasteiger partial charge in [-0.15, -0.1) is 0 Å². The van der Waals surface area contributed by atoms with Crippen LogP contribution in [0.1, 0.15) is 21.6 Å². The summed E-state index contributed by atoms with van der Waals surface area (Å²) in [5.41, 5.74) is 2.69. The second-order valence-electron chi connectivity index (χ2n) is 6.29. The smallest absolute Gasteiger partial charge is 0.270 e. The van der Waals surface area contributed by atoms with Crippen LogP contribution in [0.5, 0.6) is 5.75 Å². The van der Waals surface area contributed by atoms with Gasteiger partial charge in [0.25, 0.3) is 5.91 Å². The summed E-state index contributed by atoms with van der Waals surface area (Å²) < 4.78 is 5.23. The number of nitrogens with one attached hydrogen (secondary N) is 2. The van der Waals surface area contributed by atoms with Crippen molar-refractivity contribution in [2.45, 2.75) is 12.8 Å². The molecule has 3 aromatic rings. The maximum atomic E-state index is 12.3. The number of anilines is 1. The number of aromatic nitrogens is 2. The van der Waals surface area contributed by atoms with Crippen LogP contribution in [0.4, 0.5) is 5.95 Å². The average Bonchev–Trinajstić information content (AvgIpc) is 2.75. The highest BCUT2D eigenvalue weighted by Crippen LogP contribution is 2.13. The first-order chi connectivity index (χ1) is 13.7. The zero-order valence-electron chi connectivity index (χ0n) is 15.9. The minimum Gasteiger partial charge on any atom is -0.497 e. The van der Waals surface area contributed by atoms with Crippen molar-refractivity contribution in [3.63, 3.8) is 0 Å². The summed E-state index contributed by atoms with van der Waals surface area (Å²) in [7, 11) is 1.65. The second-order valence-corrected chi connectivity index (χ2v) is 6.29. The van der Waals surface area contributed by atoms with Gasteiger partial charge in [0.15, 0.2) is 0 Å². The summed E-state index contributed by atoms with van der Waals surface area (Å²) in [5.74, 6) is 1.08. The van der Waals surface area contributed by atoms with Crippen molar-refractivity contribution in [3.8, 4) is 5.75 Å². The van der Waals surface area contributed by atoms with Crippen molar-refractivity contribution in [3.05, 3.63) is 83.7 Å². The molecule has 6 heteroatoms. The number of hydrogen-bond acceptors (Lipinski definition) is 5. The molecule has 0 aliphatic carbocycles. The Hall–Kier alpha value is -3.41. The summed E-state index contributed by atoms with van der Waals surface area (Å²) >= 11 is 0. The molecule has 2 aromatic carbocycles. The van der Waals surface area contributed by atoms with E-state index in [-0.39, 0.29) is 5.91 Å². The van der Waals surface area contributed by atoms with E-state index in [1.54, 1.807) is 19.4 Å². The normalized spacial score (nSPS) is 10.3. The molecule has 2 N–H and O–H groups in total. The van der Waals surface area contributed by atoms with Gasteiger partial charge in [0.05, 0.1) is 7.11 Å². The van der Waals surface area contributed by atoms with Gasteiger partial charge in [0.1, 0.15) is 11.4 Å². The van der Waals surface area contributed by atoms with E-state index in [0.717, 1.165) is 24.2 Å². The zero-order chi connectivity index (χ0) is 19.6. The fraction of sp³-hybridized carbons (Fsp3) is 0.227. The quantitative estimate of drug-likeness (QED) is 0.600. The van der Waals surface area contributed by atoms with E-state index < -0.39 is 0 Å². The van der Waals surface area contributed by atoms with Crippen molar-refractivity contribution in [1.82, 2.24) is 15.3 Å². The highest BCUT2D eigenvalue weighted by atomic mass is 16.5. The number of amides is 1. The van der Waals surface area contributed by atoms with Crippen LogP contribution in [0.2, 0.25) is 0 Å². The van der Waals surface area contributed by atoms with Crippen LogP contribution in [-0.2, 0) is 12.8 Å². The second kappa shape index (κ2) is 10.1. The Balaban J connectivity index is 1.48. The number of methoxy groups -OCH3 is 1. The predicted octanol–water partition coefficient (Wildman–Crippen LogP) is 3.11. The molecule has 0 bridgehead atoms. The number of nitrogens with zero attached hydrogens (tertiary/aromatic N) is 2. The van der Waals surface area contributed by atoms with Crippen LogP contribution in [0.15, 0.2) is 66.9 Å². The lowest BCUT2D eigenvalue weighted by Gasteiger charge is -2.08. The lowest BCUT2D eigenvalue weighted by molar-refractivity contribution is 0.0949. The molecule has 0 aliphatic rings. The molecular formula is C22H24N4O2. The van der Waals surface area contributed by atoms with Crippen LogP contribution in [0.25, 0.3) is 0 Å².